The summed E-state index contributed by atoms with van der Waals surface area (Å²) in [5, 5.41) is 9.01. The molecule has 0 amide bonds. The maximum atomic E-state index is 10.9. The summed E-state index contributed by atoms with van der Waals surface area (Å²) in [6.07, 6.45) is 6.42. The molecule has 0 aliphatic carbocycles. The van der Waals surface area contributed by atoms with Crippen molar-refractivity contribution in [3.63, 3.8) is 0 Å². The number of piperidine rings is 1. The number of hydrogen-bond donors (Lipinski definition) is 1. The summed E-state index contributed by atoms with van der Waals surface area (Å²) in [4.78, 5) is 17.5. The molecule has 0 spiro atoms. The monoisotopic (exact) mass is 237 g/mol. The van der Waals surface area contributed by atoms with Gasteiger partial charge in [0.1, 0.15) is 5.82 Å². The minimum atomic E-state index is -0.660. The SMILES string of the molecule is Cn1ccnc1CCN1CCCC(C(=O)O)C1. The van der Waals surface area contributed by atoms with Crippen LogP contribution in [0.5, 0.6) is 0 Å². The number of nitrogens with zero attached hydrogens (tertiary/aromatic N) is 3. The molecule has 1 aromatic rings. The molecule has 5 nitrogen and oxygen atoms in total. The van der Waals surface area contributed by atoms with E-state index in [0.717, 1.165) is 38.2 Å². The third-order valence-electron chi connectivity index (χ3n) is 3.43. The zero-order valence-corrected chi connectivity index (χ0v) is 10.2. The third-order valence-corrected chi connectivity index (χ3v) is 3.43. The number of aryl methyl sites for hydroxylation is 1. The van der Waals surface area contributed by atoms with Crippen LogP contribution in [-0.2, 0) is 18.3 Å². The molecule has 1 aliphatic rings. The van der Waals surface area contributed by atoms with Gasteiger partial charge in [0.15, 0.2) is 0 Å². The van der Waals surface area contributed by atoms with Gasteiger partial charge in [-0.2, -0.15) is 0 Å². The van der Waals surface area contributed by atoms with Crippen LogP contribution < -0.4 is 0 Å². The van der Waals surface area contributed by atoms with Gasteiger partial charge in [-0.05, 0) is 19.4 Å². The molecule has 0 bridgehead atoms. The maximum absolute atomic E-state index is 10.9. The zero-order chi connectivity index (χ0) is 12.3. The van der Waals surface area contributed by atoms with E-state index in [2.05, 4.69) is 9.88 Å². The zero-order valence-electron chi connectivity index (χ0n) is 10.2. The first-order valence-electron chi connectivity index (χ1n) is 6.08. The number of aromatic nitrogens is 2. The molecular formula is C12H19N3O2. The summed E-state index contributed by atoms with van der Waals surface area (Å²) in [7, 11) is 1.98. The first-order valence-corrected chi connectivity index (χ1v) is 6.08. The molecule has 1 unspecified atom stereocenters. The Hall–Kier alpha value is -1.36. The van der Waals surface area contributed by atoms with E-state index < -0.39 is 5.97 Å². The molecule has 0 radical (unpaired) electrons. The molecule has 2 heterocycles. The van der Waals surface area contributed by atoms with Crippen molar-refractivity contribution >= 4 is 5.97 Å². The van der Waals surface area contributed by atoms with Gasteiger partial charge >= 0.3 is 5.97 Å². The highest BCUT2D eigenvalue weighted by molar-refractivity contribution is 5.70. The molecule has 1 atom stereocenters. The number of aliphatic carboxylic acids is 1. The molecule has 1 N–H and O–H groups in total. The van der Waals surface area contributed by atoms with E-state index in [0.29, 0.717) is 6.54 Å². The van der Waals surface area contributed by atoms with Crippen molar-refractivity contribution in [3.05, 3.63) is 18.2 Å². The molecule has 17 heavy (non-hydrogen) atoms. The largest absolute Gasteiger partial charge is 0.481 e. The van der Waals surface area contributed by atoms with Gasteiger partial charge in [0.05, 0.1) is 5.92 Å². The van der Waals surface area contributed by atoms with E-state index in [-0.39, 0.29) is 5.92 Å². The van der Waals surface area contributed by atoms with Crippen LogP contribution in [0.25, 0.3) is 0 Å². The molecule has 1 aromatic heterocycles. The summed E-state index contributed by atoms with van der Waals surface area (Å²) >= 11 is 0. The molecular weight excluding hydrogens is 218 g/mol. The molecule has 2 rings (SSSR count). The first-order chi connectivity index (χ1) is 8.16. The van der Waals surface area contributed by atoms with Crippen molar-refractivity contribution in [2.45, 2.75) is 19.3 Å². The van der Waals surface area contributed by atoms with Gasteiger partial charge in [0.25, 0.3) is 0 Å². The van der Waals surface area contributed by atoms with E-state index in [4.69, 9.17) is 5.11 Å². The molecule has 1 aliphatic heterocycles. The summed E-state index contributed by atoms with van der Waals surface area (Å²) in [6.45, 7) is 2.59. The third kappa shape index (κ3) is 3.06. The normalized spacial score (nSPS) is 21.6. The number of hydrogen-bond acceptors (Lipinski definition) is 3. The number of carbonyl (C=O) groups is 1. The number of imidazole rings is 1. The second-order valence-electron chi connectivity index (χ2n) is 4.68. The molecule has 0 saturated carbocycles. The van der Waals surface area contributed by atoms with Crippen LogP contribution in [0.3, 0.4) is 0 Å². The summed E-state index contributed by atoms with van der Waals surface area (Å²) in [5.74, 6) is 0.208. The average Bonchev–Trinajstić information content (AvgIpc) is 2.72. The highest BCUT2D eigenvalue weighted by atomic mass is 16.4. The fourth-order valence-electron chi connectivity index (χ4n) is 2.36. The Morgan fingerprint density at radius 2 is 2.47 bits per heavy atom. The lowest BCUT2D eigenvalue weighted by atomic mass is 9.98. The Bertz CT molecular complexity index is 389. The molecule has 1 fully saturated rings. The second-order valence-corrected chi connectivity index (χ2v) is 4.68. The van der Waals surface area contributed by atoms with Crippen LogP contribution >= 0.6 is 0 Å². The maximum Gasteiger partial charge on any atom is 0.307 e. The van der Waals surface area contributed by atoms with Crippen molar-refractivity contribution in [2.24, 2.45) is 13.0 Å². The van der Waals surface area contributed by atoms with E-state index >= 15 is 0 Å². The van der Waals surface area contributed by atoms with Gasteiger partial charge in [0.2, 0.25) is 0 Å². The summed E-state index contributed by atoms with van der Waals surface area (Å²) in [5.41, 5.74) is 0. The number of carboxylic acids is 1. The van der Waals surface area contributed by atoms with Gasteiger partial charge in [0, 0.05) is 39.0 Å². The molecule has 94 valence electrons. The number of likely N-dealkylation sites (tertiary alicyclic amines) is 1. The lowest BCUT2D eigenvalue weighted by Gasteiger charge is -2.30. The van der Waals surface area contributed by atoms with Crippen molar-refractivity contribution in [1.29, 1.82) is 0 Å². The first kappa shape index (κ1) is 12.1. The van der Waals surface area contributed by atoms with Crippen LogP contribution in [-0.4, -0.2) is 45.2 Å². The lowest BCUT2D eigenvalue weighted by Crippen LogP contribution is -2.39. The predicted octanol–water partition coefficient (Wildman–Crippen LogP) is 0.759. The standard InChI is InChI=1S/C12H19N3O2/c1-14-8-5-13-11(14)4-7-15-6-2-3-10(9-15)12(16)17/h5,8,10H,2-4,6-7,9H2,1H3,(H,16,17). The van der Waals surface area contributed by atoms with Crippen LogP contribution in [0, 0.1) is 5.92 Å². The van der Waals surface area contributed by atoms with Crippen LogP contribution in [0.2, 0.25) is 0 Å². The van der Waals surface area contributed by atoms with Crippen molar-refractivity contribution in [3.8, 4) is 0 Å². The highest BCUT2D eigenvalue weighted by Gasteiger charge is 2.25. The number of rotatable bonds is 4. The van der Waals surface area contributed by atoms with Gasteiger partial charge in [-0.1, -0.05) is 0 Å². The van der Waals surface area contributed by atoms with Crippen LogP contribution in [0.1, 0.15) is 18.7 Å². The predicted molar refractivity (Wildman–Crippen MR) is 63.7 cm³/mol. The quantitative estimate of drug-likeness (QED) is 0.840. The van der Waals surface area contributed by atoms with E-state index in [1.807, 2.05) is 17.8 Å². The second kappa shape index (κ2) is 5.31. The molecule has 0 aromatic carbocycles. The van der Waals surface area contributed by atoms with E-state index in [9.17, 15) is 4.79 Å². The Balaban J connectivity index is 1.83. The van der Waals surface area contributed by atoms with E-state index in [1.54, 1.807) is 6.20 Å². The summed E-state index contributed by atoms with van der Waals surface area (Å²) in [6, 6.07) is 0. The highest BCUT2D eigenvalue weighted by Crippen LogP contribution is 2.16. The smallest absolute Gasteiger partial charge is 0.307 e. The Morgan fingerprint density at radius 1 is 1.65 bits per heavy atom. The Kier molecular flexibility index (Phi) is 3.78. The molecule has 1 saturated heterocycles. The van der Waals surface area contributed by atoms with E-state index in [1.165, 1.54) is 0 Å². The minimum Gasteiger partial charge on any atom is -0.481 e. The summed E-state index contributed by atoms with van der Waals surface area (Å²) < 4.78 is 2.01. The van der Waals surface area contributed by atoms with Crippen molar-refractivity contribution in [1.82, 2.24) is 14.5 Å². The Labute approximate surface area is 101 Å². The fraction of sp³-hybridized carbons (Fsp3) is 0.667. The lowest BCUT2D eigenvalue weighted by molar-refractivity contribution is -0.143. The van der Waals surface area contributed by atoms with Gasteiger partial charge in [-0.3, -0.25) is 4.79 Å². The van der Waals surface area contributed by atoms with Gasteiger partial charge < -0.3 is 14.6 Å². The van der Waals surface area contributed by atoms with Gasteiger partial charge in [-0.15, -0.1) is 0 Å². The van der Waals surface area contributed by atoms with Gasteiger partial charge in [-0.25, -0.2) is 4.98 Å². The van der Waals surface area contributed by atoms with Crippen LogP contribution in [0.15, 0.2) is 12.4 Å². The Morgan fingerprint density at radius 3 is 3.12 bits per heavy atom. The number of carboxylic acid groups (broad SMARTS) is 1. The minimum absolute atomic E-state index is 0.190. The van der Waals surface area contributed by atoms with Crippen LogP contribution in [0.4, 0.5) is 0 Å². The van der Waals surface area contributed by atoms with Crippen molar-refractivity contribution in [2.75, 3.05) is 19.6 Å². The fourth-order valence-corrected chi connectivity index (χ4v) is 2.36. The van der Waals surface area contributed by atoms with Crippen molar-refractivity contribution < 1.29 is 9.90 Å². The topological polar surface area (TPSA) is 58.4 Å². The molecule has 5 heteroatoms. The average molecular weight is 237 g/mol.